The van der Waals surface area contributed by atoms with Crippen LogP contribution in [-0.2, 0) is 26.2 Å². The van der Waals surface area contributed by atoms with Gasteiger partial charge in [-0.3, -0.25) is 18.8 Å². The van der Waals surface area contributed by atoms with Gasteiger partial charge in [-0.15, -0.1) is 0 Å². The highest BCUT2D eigenvalue weighted by molar-refractivity contribution is 5.95. The minimum absolute atomic E-state index is 0.0345. The fourth-order valence-corrected chi connectivity index (χ4v) is 3.90. The lowest BCUT2D eigenvalue weighted by Crippen LogP contribution is -2.33. The van der Waals surface area contributed by atoms with Crippen molar-refractivity contribution >= 4 is 5.91 Å². The van der Waals surface area contributed by atoms with E-state index in [-0.39, 0.29) is 24.2 Å². The van der Waals surface area contributed by atoms with Crippen LogP contribution in [-0.4, -0.2) is 25.4 Å². The SMILES string of the molecule is Cc1c(-c2ccnn2C)cc(C(=O)NCc2cc(CCC#N)no2)c(=O)n1-c1cccc(C(F)(F)F)c1. The number of alkyl halides is 3. The molecule has 0 fully saturated rings. The normalized spacial score (nSPS) is 11.4. The molecule has 3 heterocycles. The first-order valence-electron chi connectivity index (χ1n) is 11.1. The molecule has 0 saturated heterocycles. The molecule has 0 bridgehead atoms. The van der Waals surface area contributed by atoms with Gasteiger partial charge in [0, 0.05) is 49.1 Å². The molecule has 190 valence electrons. The molecule has 0 radical (unpaired) electrons. The second-order valence-corrected chi connectivity index (χ2v) is 8.21. The van der Waals surface area contributed by atoms with Crippen LogP contribution in [0.15, 0.2) is 58.0 Å². The van der Waals surface area contributed by atoms with E-state index in [0.717, 1.165) is 16.7 Å². The first kappa shape index (κ1) is 25.4. The van der Waals surface area contributed by atoms with Gasteiger partial charge in [-0.2, -0.15) is 23.5 Å². The summed E-state index contributed by atoms with van der Waals surface area (Å²) in [6.07, 6.45) is -2.44. The van der Waals surface area contributed by atoms with E-state index in [9.17, 15) is 22.8 Å². The summed E-state index contributed by atoms with van der Waals surface area (Å²) in [6, 6.07) is 11.0. The number of rotatable bonds is 7. The van der Waals surface area contributed by atoms with E-state index < -0.39 is 23.2 Å². The van der Waals surface area contributed by atoms with Crippen molar-refractivity contribution in [3.8, 4) is 23.0 Å². The summed E-state index contributed by atoms with van der Waals surface area (Å²) in [7, 11) is 1.67. The van der Waals surface area contributed by atoms with E-state index in [0.29, 0.717) is 34.8 Å². The highest BCUT2D eigenvalue weighted by Crippen LogP contribution is 2.31. The minimum atomic E-state index is -4.61. The summed E-state index contributed by atoms with van der Waals surface area (Å²) in [5.41, 5.74) is -0.131. The van der Waals surface area contributed by atoms with Crippen molar-refractivity contribution in [3.63, 3.8) is 0 Å². The molecular formula is C25H21F3N6O3. The lowest BCUT2D eigenvalue weighted by Gasteiger charge is -2.18. The zero-order valence-corrected chi connectivity index (χ0v) is 19.8. The molecule has 12 heteroatoms. The Morgan fingerprint density at radius 2 is 2.00 bits per heavy atom. The van der Waals surface area contributed by atoms with E-state index in [1.54, 1.807) is 26.1 Å². The van der Waals surface area contributed by atoms with Crippen molar-refractivity contribution < 1.29 is 22.5 Å². The second-order valence-electron chi connectivity index (χ2n) is 8.21. The summed E-state index contributed by atoms with van der Waals surface area (Å²) >= 11 is 0. The van der Waals surface area contributed by atoms with Gasteiger partial charge in [0.1, 0.15) is 5.56 Å². The second kappa shape index (κ2) is 10.1. The van der Waals surface area contributed by atoms with Crippen LogP contribution >= 0.6 is 0 Å². The van der Waals surface area contributed by atoms with Crippen molar-refractivity contribution in [2.24, 2.45) is 7.05 Å². The third kappa shape index (κ3) is 5.30. The molecule has 1 N–H and O–H groups in total. The maximum absolute atomic E-state index is 13.5. The number of hydrogen-bond acceptors (Lipinski definition) is 6. The molecule has 9 nitrogen and oxygen atoms in total. The van der Waals surface area contributed by atoms with E-state index in [1.165, 1.54) is 29.1 Å². The number of carbonyl (C=O) groups excluding carboxylic acids is 1. The van der Waals surface area contributed by atoms with Crippen LogP contribution in [0, 0.1) is 18.3 Å². The Labute approximate surface area is 208 Å². The molecule has 4 aromatic rings. The van der Waals surface area contributed by atoms with Gasteiger partial charge in [0.25, 0.3) is 11.5 Å². The predicted octanol–water partition coefficient (Wildman–Crippen LogP) is 3.94. The number of amides is 1. The average Bonchev–Trinajstić information content (AvgIpc) is 3.50. The Bertz CT molecular complexity index is 1560. The van der Waals surface area contributed by atoms with Gasteiger partial charge in [0.05, 0.1) is 29.6 Å². The lowest BCUT2D eigenvalue weighted by atomic mass is 10.1. The highest BCUT2D eigenvalue weighted by atomic mass is 19.4. The van der Waals surface area contributed by atoms with Gasteiger partial charge < -0.3 is 9.84 Å². The number of benzene rings is 1. The zero-order valence-electron chi connectivity index (χ0n) is 19.8. The summed E-state index contributed by atoms with van der Waals surface area (Å²) in [5.74, 6) is -0.428. The summed E-state index contributed by atoms with van der Waals surface area (Å²) < 4.78 is 47.9. The first-order chi connectivity index (χ1) is 17.6. The Morgan fingerprint density at radius 1 is 1.22 bits per heavy atom. The van der Waals surface area contributed by atoms with E-state index in [1.807, 2.05) is 6.07 Å². The summed E-state index contributed by atoms with van der Waals surface area (Å²) in [4.78, 5) is 26.6. The molecule has 0 unspecified atom stereocenters. The van der Waals surface area contributed by atoms with Crippen LogP contribution in [0.3, 0.4) is 0 Å². The van der Waals surface area contributed by atoms with Crippen molar-refractivity contribution in [3.05, 3.63) is 87.3 Å². The Hall–Kier alpha value is -4.66. The minimum Gasteiger partial charge on any atom is -0.359 e. The summed E-state index contributed by atoms with van der Waals surface area (Å²) in [6.45, 7) is 1.50. The zero-order chi connectivity index (χ0) is 26.7. The topological polar surface area (TPSA) is 119 Å². The van der Waals surface area contributed by atoms with Gasteiger partial charge in [-0.05, 0) is 37.3 Å². The molecule has 0 atom stereocenters. The van der Waals surface area contributed by atoms with Crippen LogP contribution < -0.4 is 10.9 Å². The van der Waals surface area contributed by atoms with Crippen LogP contribution in [0.25, 0.3) is 16.9 Å². The highest BCUT2D eigenvalue weighted by Gasteiger charge is 2.31. The Balaban J connectivity index is 1.77. The lowest BCUT2D eigenvalue weighted by molar-refractivity contribution is -0.137. The fraction of sp³-hybridized carbons (Fsp3) is 0.240. The molecule has 37 heavy (non-hydrogen) atoms. The number of aryl methyl sites for hydroxylation is 2. The van der Waals surface area contributed by atoms with Crippen molar-refractivity contribution in [2.45, 2.75) is 32.5 Å². The maximum atomic E-state index is 13.5. The number of aromatic nitrogens is 4. The monoisotopic (exact) mass is 510 g/mol. The number of nitrogens with zero attached hydrogens (tertiary/aromatic N) is 5. The molecule has 0 spiro atoms. The van der Waals surface area contributed by atoms with Crippen molar-refractivity contribution in [1.29, 1.82) is 5.26 Å². The van der Waals surface area contributed by atoms with Crippen molar-refractivity contribution in [1.82, 2.24) is 24.8 Å². The largest absolute Gasteiger partial charge is 0.416 e. The maximum Gasteiger partial charge on any atom is 0.416 e. The van der Waals surface area contributed by atoms with Crippen LogP contribution in [0.2, 0.25) is 0 Å². The molecule has 4 rings (SSSR count). The van der Waals surface area contributed by atoms with Crippen LogP contribution in [0.1, 0.15) is 39.5 Å². The van der Waals surface area contributed by atoms with Gasteiger partial charge in [0.15, 0.2) is 5.76 Å². The Kier molecular flexibility index (Phi) is 6.97. The average molecular weight is 510 g/mol. The van der Waals surface area contributed by atoms with E-state index in [4.69, 9.17) is 9.78 Å². The standard InChI is InChI=1S/C25H21F3N6O3/c1-15-20(22-8-10-31-33(22)2)13-21(23(35)30-14-19-12-17(32-37-19)6-4-9-29)24(36)34(15)18-7-3-5-16(11-18)25(26,27)28/h3,5,7-8,10-13H,4,6,14H2,1-2H3,(H,30,35). The molecule has 1 amide bonds. The smallest absolute Gasteiger partial charge is 0.359 e. The third-order valence-corrected chi connectivity index (χ3v) is 5.74. The molecule has 0 saturated carbocycles. The van der Waals surface area contributed by atoms with E-state index in [2.05, 4.69) is 15.6 Å². The third-order valence-electron chi connectivity index (χ3n) is 5.74. The molecule has 3 aromatic heterocycles. The molecule has 0 aliphatic rings. The van der Waals surface area contributed by atoms with Gasteiger partial charge in [-0.1, -0.05) is 11.2 Å². The number of hydrogen-bond donors (Lipinski definition) is 1. The Morgan fingerprint density at radius 3 is 2.68 bits per heavy atom. The fourth-order valence-electron chi connectivity index (χ4n) is 3.90. The molecular weight excluding hydrogens is 489 g/mol. The number of carbonyl (C=O) groups is 1. The van der Waals surface area contributed by atoms with Crippen molar-refractivity contribution in [2.75, 3.05) is 0 Å². The number of halogens is 3. The van der Waals surface area contributed by atoms with E-state index >= 15 is 0 Å². The number of pyridine rings is 1. The predicted molar refractivity (Wildman–Crippen MR) is 126 cm³/mol. The quantitative estimate of drug-likeness (QED) is 0.402. The molecule has 0 aliphatic carbocycles. The van der Waals surface area contributed by atoms with Gasteiger partial charge in [-0.25, -0.2) is 0 Å². The van der Waals surface area contributed by atoms with Gasteiger partial charge >= 0.3 is 6.18 Å². The number of nitrogens with one attached hydrogen (secondary N) is 1. The van der Waals surface area contributed by atoms with Crippen LogP contribution in [0.4, 0.5) is 13.2 Å². The molecule has 0 aliphatic heterocycles. The first-order valence-corrected chi connectivity index (χ1v) is 11.1. The summed E-state index contributed by atoms with van der Waals surface area (Å²) in [5, 5.41) is 19.2. The number of nitriles is 1. The molecule has 1 aromatic carbocycles. The van der Waals surface area contributed by atoms with Crippen LogP contribution in [0.5, 0.6) is 0 Å². The van der Waals surface area contributed by atoms with Gasteiger partial charge in [0.2, 0.25) is 0 Å².